The highest BCUT2D eigenvalue weighted by molar-refractivity contribution is 5.93. The van der Waals surface area contributed by atoms with Gasteiger partial charge in [0, 0.05) is 25.5 Å². The lowest BCUT2D eigenvalue weighted by Gasteiger charge is -2.15. The summed E-state index contributed by atoms with van der Waals surface area (Å²) >= 11 is 0. The number of rotatable bonds is 4. The van der Waals surface area contributed by atoms with Gasteiger partial charge in [-0.05, 0) is 18.6 Å². The van der Waals surface area contributed by atoms with Crippen molar-refractivity contribution in [1.82, 2.24) is 14.7 Å². The van der Waals surface area contributed by atoms with E-state index in [-0.39, 0.29) is 23.8 Å². The number of hydrogen-bond acceptors (Lipinski definition) is 3. The zero-order valence-electron chi connectivity index (χ0n) is 15.8. The minimum absolute atomic E-state index is 0.000857. The van der Waals surface area contributed by atoms with E-state index in [0.29, 0.717) is 5.82 Å². The number of amides is 2. The SMILES string of the molecule is CC(=O)N(C)CC(=O)Nc1cc(C(C)(C)C)nn1-c1ccccc1C. The fourth-order valence-corrected chi connectivity index (χ4v) is 2.33. The number of aromatic nitrogens is 2. The zero-order chi connectivity index (χ0) is 18.8. The molecule has 0 spiro atoms. The molecule has 0 aliphatic carbocycles. The van der Waals surface area contributed by atoms with Gasteiger partial charge < -0.3 is 10.2 Å². The van der Waals surface area contributed by atoms with Crippen LogP contribution in [-0.2, 0) is 15.0 Å². The molecule has 1 heterocycles. The van der Waals surface area contributed by atoms with E-state index in [4.69, 9.17) is 5.10 Å². The van der Waals surface area contributed by atoms with E-state index in [9.17, 15) is 9.59 Å². The molecular formula is C19H26N4O2. The van der Waals surface area contributed by atoms with Crippen LogP contribution < -0.4 is 5.32 Å². The maximum absolute atomic E-state index is 12.3. The molecule has 0 saturated carbocycles. The molecule has 0 fully saturated rings. The van der Waals surface area contributed by atoms with E-state index in [0.717, 1.165) is 16.9 Å². The Kier molecular flexibility index (Phi) is 5.30. The second-order valence-electron chi connectivity index (χ2n) is 7.29. The third-order valence-electron chi connectivity index (χ3n) is 4.01. The second-order valence-corrected chi connectivity index (χ2v) is 7.29. The van der Waals surface area contributed by atoms with Gasteiger partial charge in [0.25, 0.3) is 0 Å². The number of para-hydroxylation sites is 1. The van der Waals surface area contributed by atoms with Gasteiger partial charge in [0.05, 0.1) is 17.9 Å². The molecule has 0 radical (unpaired) electrons. The monoisotopic (exact) mass is 342 g/mol. The van der Waals surface area contributed by atoms with Crippen LogP contribution >= 0.6 is 0 Å². The molecule has 2 amide bonds. The summed E-state index contributed by atoms with van der Waals surface area (Å²) in [5.74, 6) is 0.187. The van der Waals surface area contributed by atoms with Gasteiger partial charge in [-0.3, -0.25) is 9.59 Å². The molecule has 2 aromatic rings. The lowest BCUT2D eigenvalue weighted by molar-refractivity contribution is -0.131. The third-order valence-corrected chi connectivity index (χ3v) is 4.01. The molecule has 0 bridgehead atoms. The van der Waals surface area contributed by atoms with Crippen molar-refractivity contribution in [3.8, 4) is 5.69 Å². The Labute approximate surface area is 148 Å². The summed E-state index contributed by atoms with van der Waals surface area (Å²) in [6, 6.07) is 9.76. The molecule has 134 valence electrons. The summed E-state index contributed by atoms with van der Waals surface area (Å²) in [7, 11) is 1.60. The maximum atomic E-state index is 12.3. The fraction of sp³-hybridized carbons (Fsp3) is 0.421. The van der Waals surface area contributed by atoms with Crippen LogP contribution in [0.5, 0.6) is 0 Å². The number of nitrogens with zero attached hydrogens (tertiary/aromatic N) is 3. The average molecular weight is 342 g/mol. The molecule has 6 heteroatoms. The smallest absolute Gasteiger partial charge is 0.245 e. The zero-order valence-corrected chi connectivity index (χ0v) is 15.8. The van der Waals surface area contributed by atoms with Crippen molar-refractivity contribution in [2.75, 3.05) is 18.9 Å². The molecule has 1 aromatic heterocycles. The Morgan fingerprint density at radius 3 is 2.44 bits per heavy atom. The molecule has 0 unspecified atom stereocenters. The summed E-state index contributed by atoms with van der Waals surface area (Å²) < 4.78 is 1.75. The first-order valence-electron chi connectivity index (χ1n) is 8.27. The van der Waals surface area contributed by atoms with Crippen LogP contribution in [0, 0.1) is 6.92 Å². The van der Waals surface area contributed by atoms with Crippen LogP contribution in [0.1, 0.15) is 39.0 Å². The molecule has 0 saturated heterocycles. The molecule has 1 aromatic carbocycles. The first-order chi connectivity index (χ1) is 11.6. The predicted molar refractivity (Wildman–Crippen MR) is 98.9 cm³/mol. The number of carbonyl (C=O) groups excluding carboxylic acids is 2. The first kappa shape index (κ1) is 18.7. The van der Waals surface area contributed by atoms with Crippen molar-refractivity contribution in [1.29, 1.82) is 0 Å². The predicted octanol–water partition coefficient (Wildman–Crippen LogP) is 2.90. The topological polar surface area (TPSA) is 67.2 Å². The molecule has 0 aliphatic rings. The van der Waals surface area contributed by atoms with Crippen LogP contribution in [-0.4, -0.2) is 40.1 Å². The molecule has 2 rings (SSSR count). The Balaban J connectivity index is 2.39. The number of anilines is 1. The Morgan fingerprint density at radius 2 is 1.88 bits per heavy atom. The maximum Gasteiger partial charge on any atom is 0.245 e. The van der Waals surface area contributed by atoms with E-state index in [1.54, 1.807) is 11.7 Å². The number of benzene rings is 1. The van der Waals surface area contributed by atoms with E-state index >= 15 is 0 Å². The standard InChI is InChI=1S/C19H26N4O2/c1-13-9-7-8-10-15(13)23-17(11-16(21-23)19(3,4)5)20-18(25)12-22(6)14(2)24/h7-11H,12H2,1-6H3,(H,20,25). The van der Waals surface area contributed by atoms with Crippen molar-refractivity contribution in [3.05, 3.63) is 41.6 Å². The lowest BCUT2D eigenvalue weighted by Crippen LogP contribution is -2.33. The van der Waals surface area contributed by atoms with Gasteiger partial charge in [0.15, 0.2) is 0 Å². The van der Waals surface area contributed by atoms with Gasteiger partial charge in [0.2, 0.25) is 11.8 Å². The van der Waals surface area contributed by atoms with Crippen molar-refractivity contribution in [3.63, 3.8) is 0 Å². The highest BCUT2D eigenvalue weighted by atomic mass is 16.2. The minimum Gasteiger partial charge on any atom is -0.337 e. The Bertz CT molecular complexity index is 787. The number of nitrogens with one attached hydrogen (secondary N) is 1. The quantitative estimate of drug-likeness (QED) is 0.929. The molecule has 0 aliphatic heterocycles. The van der Waals surface area contributed by atoms with Crippen molar-refractivity contribution >= 4 is 17.6 Å². The van der Waals surface area contributed by atoms with Gasteiger partial charge >= 0.3 is 0 Å². The number of hydrogen-bond donors (Lipinski definition) is 1. The molecular weight excluding hydrogens is 316 g/mol. The van der Waals surface area contributed by atoms with Crippen LogP contribution in [0.15, 0.2) is 30.3 Å². The van der Waals surface area contributed by atoms with Gasteiger partial charge in [0.1, 0.15) is 5.82 Å². The first-order valence-corrected chi connectivity index (χ1v) is 8.27. The normalized spacial score (nSPS) is 11.3. The van der Waals surface area contributed by atoms with E-state index < -0.39 is 0 Å². The summed E-state index contributed by atoms with van der Waals surface area (Å²) in [6.07, 6.45) is 0. The summed E-state index contributed by atoms with van der Waals surface area (Å²) in [5.41, 5.74) is 2.70. The van der Waals surface area contributed by atoms with Crippen LogP contribution in [0.25, 0.3) is 5.69 Å². The minimum atomic E-state index is -0.257. The summed E-state index contributed by atoms with van der Waals surface area (Å²) in [4.78, 5) is 25.0. The number of carbonyl (C=O) groups is 2. The fourth-order valence-electron chi connectivity index (χ4n) is 2.33. The lowest BCUT2D eigenvalue weighted by atomic mass is 9.92. The summed E-state index contributed by atoms with van der Waals surface area (Å²) in [6.45, 7) is 9.66. The average Bonchev–Trinajstić information content (AvgIpc) is 2.91. The van der Waals surface area contributed by atoms with E-state index in [1.807, 2.05) is 37.3 Å². The molecule has 25 heavy (non-hydrogen) atoms. The number of likely N-dealkylation sites (N-methyl/N-ethyl adjacent to an activating group) is 1. The van der Waals surface area contributed by atoms with Gasteiger partial charge in [-0.1, -0.05) is 39.0 Å². The molecule has 6 nitrogen and oxygen atoms in total. The highest BCUT2D eigenvalue weighted by Gasteiger charge is 2.22. The molecule has 0 atom stereocenters. The third kappa shape index (κ3) is 4.47. The Morgan fingerprint density at radius 1 is 1.24 bits per heavy atom. The van der Waals surface area contributed by atoms with Crippen molar-refractivity contribution in [2.45, 2.75) is 40.0 Å². The van der Waals surface area contributed by atoms with Crippen molar-refractivity contribution < 1.29 is 9.59 Å². The summed E-state index contributed by atoms with van der Waals surface area (Å²) in [5, 5.41) is 7.58. The van der Waals surface area contributed by atoms with Gasteiger partial charge in [-0.15, -0.1) is 0 Å². The largest absolute Gasteiger partial charge is 0.337 e. The van der Waals surface area contributed by atoms with Crippen LogP contribution in [0.2, 0.25) is 0 Å². The van der Waals surface area contributed by atoms with Crippen LogP contribution in [0.4, 0.5) is 5.82 Å². The van der Waals surface area contributed by atoms with Gasteiger partial charge in [-0.25, -0.2) is 4.68 Å². The molecule has 1 N–H and O–H groups in total. The van der Waals surface area contributed by atoms with Crippen molar-refractivity contribution in [2.24, 2.45) is 0 Å². The second kappa shape index (κ2) is 7.09. The van der Waals surface area contributed by atoms with E-state index in [1.165, 1.54) is 11.8 Å². The highest BCUT2D eigenvalue weighted by Crippen LogP contribution is 2.27. The van der Waals surface area contributed by atoms with Crippen LogP contribution in [0.3, 0.4) is 0 Å². The Hall–Kier alpha value is -2.63. The van der Waals surface area contributed by atoms with E-state index in [2.05, 4.69) is 26.1 Å². The number of aryl methyl sites for hydroxylation is 1. The van der Waals surface area contributed by atoms with Gasteiger partial charge in [-0.2, -0.15) is 5.10 Å².